The van der Waals surface area contributed by atoms with Gasteiger partial charge in [-0.1, -0.05) is 30.3 Å². The van der Waals surface area contributed by atoms with Crippen LogP contribution >= 0.6 is 0 Å². The number of sulfonamides is 2. The van der Waals surface area contributed by atoms with Crippen molar-refractivity contribution in [3.63, 3.8) is 0 Å². The lowest BCUT2D eigenvalue weighted by Crippen LogP contribution is -2.43. The molecule has 1 fully saturated rings. The summed E-state index contributed by atoms with van der Waals surface area (Å²) in [5.41, 5.74) is 0.675. The van der Waals surface area contributed by atoms with Crippen LogP contribution in [0.3, 0.4) is 0 Å². The van der Waals surface area contributed by atoms with Gasteiger partial charge in [0.2, 0.25) is 0 Å². The molecule has 1 heterocycles. The van der Waals surface area contributed by atoms with E-state index in [4.69, 9.17) is 0 Å². The second-order valence-electron chi connectivity index (χ2n) is 8.21. The topological polar surface area (TPSA) is 142 Å². The highest BCUT2D eigenvalue weighted by Gasteiger charge is 2.26. The highest BCUT2D eigenvalue weighted by atomic mass is 32.2. The first-order chi connectivity index (χ1) is 17.0. The zero-order valence-electron chi connectivity index (χ0n) is 19.4. The Morgan fingerprint density at radius 1 is 0.694 bits per heavy atom. The van der Waals surface area contributed by atoms with Gasteiger partial charge >= 0.3 is 0 Å². The molecule has 4 rings (SSSR count). The summed E-state index contributed by atoms with van der Waals surface area (Å²) in [5.74, 6) is 0. The van der Waals surface area contributed by atoms with Gasteiger partial charge in [0.25, 0.3) is 20.0 Å². The maximum atomic E-state index is 13.3. The highest BCUT2D eigenvalue weighted by molar-refractivity contribution is 7.95. The Labute approximate surface area is 211 Å². The molecule has 1 aliphatic heterocycles. The van der Waals surface area contributed by atoms with Crippen LogP contribution in [0.5, 0.6) is 0 Å². The van der Waals surface area contributed by atoms with Crippen LogP contribution in [0.15, 0.2) is 87.5 Å². The molecule has 10 nitrogen and oxygen atoms in total. The molecule has 0 amide bonds. The van der Waals surface area contributed by atoms with Crippen molar-refractivity contribution in [3.8, 4) is 0 Å². The quantitative estimate of drug-likeness (QED) is 0.387. The van der Waals surface area contributed by atoms with Crippen molar-refractivity contribution in [1.82, 2.24) is 5.32 Å². The summed E-state index contributed by atoms with van der Waals surface area (Å²) in [5, 5.41) is 3.24. The van der Waals surface area contributed by atoms with E-state index in [1.165, 1.54) is 42.5 Å². The lowest BCUT2D eigenvalue weighted by atomic mass is 10.2. The van der Waals surface area contributed by atoms with Gasteiger partial charge in [-0.3, -0.25) is 9.44 Å². The van der Waals surface area contributed by atoms with Crippen LogP contribution in [0.1, 0.15) is 0 Å². The molecule has 0 bridgehead atoms. The second kappa shape index (κ2) is 10.1. The molecule has 36 heavy (non-hydrogen) atoms. The van der Waals surface area contributed by atoms with Gasteiger partial charge in [-0.05, 0) is 42.5 Å². The molecule has 0 aromatic heterocycles. The molecule has 0 radical (unpaired) electrons. The maximum absolute atomic E-state index is 13.3. The average Bonchev–Trinajstić information content (AvgIpc) is 2.85. The summed E-state index contributed by atoms with van der Waals surface area (Å²) >= 11 is 0. The Bertz CT molecular complexity index is 1570. The van der Waals surface area contributed by atoms with E-state index in [0.29, 0.717) is 18.8 Å². The van der Waals surface area contributed by atoms with Crippen molar-refractivity contribution in [3.05, 3.63) is 72.8 Å². The van der Waals surface area contributed by atoms with Crippen LogP contribution in [0.2, 0.25) is 0 Å². The largest absolute Gasteiger partial charge is 0.369 e. The van der Waals surface area contributed by atoms with E-state index in [9.17, 15) is 25.3 Å². The molecule has 1 aliphatic rings. The number of sulfone groups is 1. The van der Waals surface area contributed by atoms with Crippen molar-refractivity contribution in [2.24, 2.45) is 0 Å². The van der Waals surface area contributed by atoms with Gasteiger partial charge in [-0.2, -0.15) is 0 Å². The maximum Gasteiger partial charge on any atom is 0.263 e. The van der Waals surface area contributed by atoms with Crippen molar-refractivity contribution < 1.29 is 25.3 Å². The van der Waals surface area contributed by atoms with Crippen molar-refractivity contribution in [1.29, 1.82) is 0 Å². The third-order valence-corrected chi connectivity index (χ3v) is 9.65. The van der Waals surface area contributed by atoms with E-state index in [1.54, 1.807) is 30.3 Å². The van der Waals surface area contributed by atoms with Gasteiger partial charge < -0.3 is 10.2 Å². The number of piperazine rings is 1. The van der Waals surface area contributed by atoms with Crippen LogP contribution < -0.4 is 19.7 Å². The third kappa shape index (κ3) is 5.81. The molecule has 0 spiro atoms. The minimum absolute atomic E-state index is 0.00815. The van der Waals surface area contributed by atoms with Crippen LogP contribution in [-0.4, -0.2) is 57.7 Å². The van der Waals surface area contributed by atoms with E-state index in [-0.39, 0.29) is 21.2 Å². The Morgan fingerprint density at radius 3 is 1.92 bits per heavy atom. The number of anilines is 3. The fraction of sp³-hybridized carbons (Fsp3) is 0.217. The number of rotatable bonds is 8. The molecule has 13 heteroatoms. The molecule has 192 valence electrons. The Hall–Kier alpha value is -3.13. The zero-order chi connectivity index (χ0) is 26.0. The van der Waals surface area contributed by atoms with Gasteiger partial charge in [0, 0.05) is 38.1 Å². The van der Waals surface area contributed by atoms with Crippen molar-refractivity contribution >= 4 is 46.9 Å². The van der Waals surface area contributed by atoms with E-state index < -0.39 is 34.8 Å². The van der Waals surface area contributed by atoms with Crippen molar-refractivity contribution in [2.45, 2.75) is 14.7 Å². The first-order valence-corrected chi connectivity index (χ1v) is 15.8. The zero-order valence-corrected chi connectivity index (χ0v) is 21.8. The van der Waals surface area contributed by atoms with E-state index in [0.717, 1.165) is 19.3 Å². The summed E-state index contributed by atoms with van der Waals surface area (Å²) < 4.78 is 81.9. The fourth-order valence-corrected chi connectivity index (χ4v) is 7.61. The van der Waals surface area contributed by atoms with Crippen molar-refractivity contribution in [2.75, 3.05) is 46.8 Å². The van der Waals surface area contributed by atoms with E-state index in [2.05, 4.69) is 14.8 Å². The summed E-state index contributed by atoms with van der Waals surface area (Å²) in [7, 11) is -12.3. The van der Waals surface area contributed by atoms with Gasteiger partial charge in [0.15, 0.2) is 9.84 Å². The molecule has 0 saturated carbocycles. The fourth-order valence-electron chi connectivity index (χ4n) is 3.81. The lowest BCUT2D eigenvalue weighted by Gasteiger charge is -2.30. The predicted molar refractivity (Wildman–Crippen MR) is 139 cm³/mol. The van der Waals surface area contributed by atoms with Gasteiger partial charge in [-0.25, -0.2) is 25.3 Å². The first-order valence-electron chi connectivity index (χ1n) is 11.0. The molecule has 3 aromatic carbocycles. The third-order valence-electron chi connectivity index (χ3n) is 5.57. The number of nitrogens with zero attached hydrogens (tertiary/aromatic N) is 1. The lowest BCUT2D eigenvalue weighted by molar-refractivity contribution is 0.588. The number of hydrogen-bond donors (Lipinski definition) is 3. The Morgan fingerprint density at radius 2 is 1.28 bits per heavy atom. The van der Waals surface area contributed by atoms with Gasteiger partial charge in [0.1, 0.15) is 4.90 Å². The summed E-state index contributed by atoms with van der Waals surface area (Å²) in [4.78, 5) is 1.26. The predicted octanol–water partition coefficient (Wildman–Crippen LogP) is 2.10. The number of nitrogens with one attached hydrogen (secondary N) is 3. The van der Waals surface area contributed by atoms with E-state index in [1.807, 2.05) is 4.90 Å². The monoisotopic (exact) mass is 550 g/mol. The molecule has 0 unspecified atom stereocenters. The SMILES string of the molecule is CS(=O)(=O)c1ccccc1S(=O)(=O)Nc1ccc(N2CCNCC2)cc1NS(=O)(=O)c1ccccc1. The Balaban J connectivity index is 1.77. The number of benzene rings is 3. The van der Waals surface area contributed by atoms with E-state index >= 15 is 0 Å². The highest BCUT2D eigenvalue weighted by Crippen LogP contribution is 2.33. The summed E-state index contributed by atoms with van der Waals surface area (Å²) in [6.07, 6.45) is 0.920. The molecular weight excluding hydrogens is 524 g/mol. The Kier molecular flexibility index (Phi) is 7.27. The molecule has 3 aromatic rings. The normalized spacial score (nSPS) is 14.9. The molecular formula is C23H26N4O6S3. The minimum atomic E-state index is -4.40. The molecule has 1 saturated heterocycles. The van der Waals surface area contributed by atoms with Gasteiger partial charge in [0.05, 0.1) is 21.2 Å². The average molecular weight is 551 g/mol. The van der Waals surface area contributed by atoms with Crippen LogP contribution in [0, 0.1) is 0 Å². The van der Waals surface area contributed by atoms with Crippen LogP contribution in [0.4, 0.5) is 17.1 Å². The standard InChI is InChI=1S/C23H26N4O6S3/c1-34(28,29)22-9-5-6-10-23(22)36(32,33)25-20-12-11-18(27-15-13-24-14-16-27)17-21(20)26-35(30,31)19-7-3-2-4-8-19/h2-12,17,24-26H,13-16H2,1H3. The van der Waals surface area contributed by atoms with Gasteiger partial charge in [-0.15, -0.1) is 0 Å². The number of hydrogen-bond acceptors (Lipinski definition) is 8. The molecule has 0 atom stereocenters. The molecule has 0 aliphatic carbocycles. The van der Waals surface area contributed by atoms with Crippen LogP contribution in [0.25, 0.3) is 0 Å². The minimum Gasteiger partial charge on any atom is -0.369 e. The first kappa shape index (κ1) is 25.9. The second-order valence-corrected chi connectivity index (χ2v) is 13.5. The summed E-state index contributed by atoms with van der Waals surface area (Å²) in [6, 6.07) is 17.6. The smallest absolute Gasteiger partial charge is 0.263 e. The van der Waals surface area contributed by atoms with Crippen LogP contribution in [-0.2, 0) is 29.9 Å². The molecule has 3 N–H and O–H groups in total. The summed E-state index contributed by atoms with van der Waals surface area (Å²) in [6.45, 7) is 2.89.